The minimum Gasteiger partial charge on any atom is -0.475 e. The number of thiophene rings is 1. The van der Waals surface area contributed by atoms with Crippen molar-refractivity contribution in [2.24, 2.45) is 0 Å². The Labute approximate surface area is 178 Å². The lowest BCUT2D eigenvalue weighted by atomic mass is 10.1. The fourth-order valence-electron chi connectivity index (χ4n) is 3.15. The third-order valence-electron chi connectivity index (χ3n) is 4.52. The molecular weight excluding hydrogens is 439 g/mol. The van der Waals surface area contributed by atoms with Crippen LogP contribution in [0.3, 0.4) is 0 Å². The first-order valence-electron chi connectivity index (χ1n) is 9.18. The molecule has 8 nitrogen and oxygen atoms in total. The number of anilines is 1. The Balaban J connectivity index is 0.000000339. The van der Waals surface area contributed by atoms with E-state index in [0.717, 1.165) is 30.6 Å². The third-order valence-corrected chi connectivity index (χ3v) is 5.72. The molecule has 0 radical (unpaired) electrons. The summed E-state index contributed by atoms with van der Waals surface area (Å²) in [6, 6.07) is 5.97. The molecule has 0 saturated carbocycles. The molecule has 2 aromatic heterocycles. The smallest absolute Gasteiger partial charge is 0.475 e. The Kier molecular flexibility index (Phi) is 6.60. The summed E-state index contributed by atoms with van der Waals surface area (Å²) in [5.41, 5.74) is 1.87. The number of carbonyl (C=O) groups is 3. The van der Waals surface area contributed by atoms with Crippen molar-refractivity contribution in [2.75, 3.05) is 11.9 Å². The standard InChI is InChI=1S/C17H17N3O3S.C2HF3O2/c1-9-7-10-8-23-17(22)14(10)15(19-9)20-16(21)13-5-4-12(24-13)11-3-2-6-18-11;3-2(4,5)1(6)7/h4-5,7,11,18H,2-3,6,8H2,1H3,(H,19,20,21);(H,6,7). The van der Waals surface area contributed by atoms with Crippen molar-refractivity contribution >= 4 is 35.0 Å². The van der Waals surface area contributed by atoms with Gasteiger partial charge in [-0.3, -0.25) is 4.79 Å². The highest BCUT2D eigenvalue weighted by Gasteiger charge is 2.38. The van der Waals surface area contributed by atoms with E-state index >= 15 is 0 Å². The second-order valence-corrected chi connectivity index (χ2v) is 7.95. The minimum atomic E-state index is -5.08. The van der Waals surface area contributed by atoms with Gasteiger partial charge < -0.3 is 20.5 Å². The normalized spacial score (nSPS) is 17.4. The van der Waals surface area contributed by atoms with E-state index in [9.17, 15) is 22.8 Å². The number of amides is 1. The minimum absolute atomic E-state index is 0.233. The average molecular weight is 457 g/mol. The molecule has 1 atom stereocenters. The number of rotatable bonds is 3. The molecule has 1 amide bonds. The first kappa shape index (κ1) is 22.7. The van der Waals surface area contributed by atoms with Crippen molar-refractivity contribution in [3.63, 3.8) is 0 Å². The molecule has 1 unspecified atom stereocenters. The van der Waals surface area contributed by atoms with Crippen LogP contribution in [-0.2, 0) is 16.1 Å². The van der Waals surface area contributed by atoms with Gasteiger partial charge in [0.05, 0.1) is 4.88 Å². The van der Waals surface area contributed by atoms with Crippen molar-refractivity contribution in [3.8, 4) is 0 Å². The van der Waals surface area contributed by atoms with Gasteiger partial charge in [0, 0.05) is 22.2 Å². The van der Waals surface area contributed by atoms with Gasteiger partial charge in [0.2, 0.25) is 0 Å². The van der Waals surface area contributed by atoms with Gasteiger partial charge >= 0.3 is 18.1 Å². The van der Waals surface area contributed by atoms with Crippen LogP contribution in [0.15, 0.2) is 18.2 Å². The molecule has 1 fully saturated rings. The van der Waals surface area contributed by atoms with Gasteiger partial charge in [0.25, 0.3) is 5.91 Å². The number of fused-ring (bicyclic) bond motifs is 1. The maximum atomic E-state index is 12.5. The Morgan fingerprint density at radius 2 is 2.06 bits per heavy atom. The van der Waals surface area contributed by atoms with E-state index in [4.69, 9.17) is 14.6 Å². The zero-order valence-corrected chi connectivity index (χ0v) is 17.0. The van der Waals surface area contributed by atoms with Crippen LogP contribution in [0, 0.1) is 6.92 Å². The third kappa shape index (κ3) is 5.39. The number of carboxylic acid groups (broad SMARTS) is 1. The van der Waals surface area contributed by atoms with Gasteiger partial charge in [-0.25, -0.2) is 14.6 Å². The van der Waals surface area contributed by atoms with E-state index in [0.29, 0.717) is 16.5 Å². The molecule has 0 bridgehead atoms. The molecule has 4 heterocycles. The van der Waals surface area contributed by atoms with Crippen LogP contribution in [0.25, 0.3) is 0 Å². The van der Waals surface area contributed by atoms with Crippen LogP contribution < -0.4 is 10.6 Å². The Bertz CT molecular complexity index is 1020. The Morgan fingerprint density at radius 1 is 1.35 bits per heavy atom. The lowest BCUT2D eigenvalue weighted by molar-refractivity contribution is -0.192. The molecule has 12 heteroatoms. The first-order valence-corrected chi connectivity index (χ1v) is 10.00. The molecule has 0 aromatic carbocycles. The molecule has 2 aliphatic rings. The van der Waals surface area contributed by atoms with Gasteiger partial charge in [-0.1, -0.05) is 0 Å². The van der Waals surface area contributed by atoms with Crippen molar-refractivity contribution in [3.05, 3.63) is 44.8 Å². The summed E-state index contributed by atoms with van der Waals surface area (Å²) < 4.78 is 36.8. The number of esters is 1. The number of ether oxygens (including phenoxy) is 1. The van der Waals surface area contributed by atoms with Crippen molar-refractivity contribution in [2.45, 2.75) is 38.6 Å². The largest absolute Gasteiger partial charge is 0.490 e. The topological polar surface area (TPSA) is 118 Å². The number of aryl methyl sites for hydroxylation is 1. The number of aromatic nitrogens is 1. The van der Waals surface area contributed by atoms with Crippen molar-refractivity contribution < 1.29 is 37.4 Å². The fraction of sp³-hybridized carbons (Fsp3) is 0.368. The number of pyridine rings is 1. The highest BCUT2D eigenvalue weighted by atomic mass is 32.1. The van der Waals surface area contributed by atoms with Crippen LogP contribution in [0.5, 0.6) is 0 Å². The number of halogens is 3. The number of carbonyl (C=O) groups excluding carboxylic acids is 2. The second kappa shape index (κ2) is 9.02. The Hall–Kier alpha value is -2.99. The predicted octanol–water partition coefficient (Wildman–Crippen LogP) is 3.43. The van der Waals surface area contributed by atoms with E-state index in [1.165, 1.54) is 16.2 Å². The maximum Gasteiger partial charge on any atom is 0.490 e. The lowest BCUT2D eigenvalue weighted by Gasteiger charge is -2.08. The maximum absolute atomic E-state index is 12.5. The molecular formula is C19H18F3N3O5S. The van der Waals surface area contributed by atoms with Gasteiger partial charge in [0.15, 0.2) is 0 Å². The number of cyclic esters (lactones) is 1. The van der Waals surface area contributed by atoms with Gasteiger partial charge in [-0.2, -0.15) is 13.2 Å². The zero-order valence-electron chi connectivity index (χ0n) is 16.2. The van der Waals surface area contributed by atoms with E-state index in [-0.39, 0.29) is 18.3 Å². The second-order valence-electron chi connectivity index (χ2n) is 6.83. The van der Waals surface area contributed by atoms with E-state index in [2.05, 4.69) is 15.6 Å². The monoisotopic (exact) mass is 457 g/mol. The summed E-state index contributed by atoms with van der Waals surface area (Å²) in [6.07, 6.45) is -2.83. The number of nitrogens with zero attached hydrogens (tertiary/aromatic N) is 1. The summed E-state index contributed by atoms with van der Waals surface area (Å²) in [6.45, 7) is 3.08. The number of carboxylic acids is 1. The highest BCUT2D eigenvalue weighted by molar-refractivity contribution is 7.14. The quantitative estimate of drug-likeness (QED) is 0.605. The molecule has 3 N–H and O–H groups in total. The summed E-state index contributed by atoms with van der Waals surface area (Å²) in [5, 5.41) is 13.3. The fourth-order valence-corrected chi connectivity index (χ4v) is 4.16. The molecule has 2 aliphatic heterocycles. The summed E-state index contributed by atoms with van der Waals surface area (Å²) in [4.78, 5) is 39.4. The summed E-state index contributed by atoms with van der Waals surface area (Å²) in [5.74, 6) is -3.15. The number of aliphatic carboxylic acids is 1. The summed E-state index contributed by atoms with van der Waals surface area (Å²) in [7, 11) is 0. The SMILES string of the molecule is Cc1cc2c(c(NC(=O)c3ccc(C4CCCN4)s3)n1)C(=O)OC2.O=C(O)C(F)(F)F. The van der Waals surface area contributed by atoms with Crippen molar-refractivity contribution in [1.82, 2.24) is 10.3 Å². The molecule has 1 saturated heterocycles. The molecule has 0 spiro atoms. The van der Waals surface area contributed by atoms with Crippen LogP contribution in [-0.4, -0.2) is 40.7 Å². The predicted molar refractivity (Wildman–Crippen MR) is 104 cm³/mol. The van der Waals surface area contributed by atoms with Crippen LogP contribution >= 0.6 is 11.3 Å². The zero-order chi connectivity index (χ0) is 22.8. The van der Waals surface area contributed by atoms with Crippen molar-refractivity contribution in [1.29, 1.82) is 0 Å². The van der Waals surface area contributed by atoms with Crippen LogP contribution in [0.4, 0.5) is 19.0 Å². The van der Waals surface area contributed by atoms with Crippen LogP contribution in [0.2, 0.25) is 0 Å². The number of hydrogen-bond donors (Lipinski definition) is 3. The van der Waals surface area contributed by atoms with Gasteiger partial charge in [0.1, 0.15) is 18.0 Å². The number of alkyl halides is 3. The molecule has 4 rings (SSSR count). The number of hydrogen-bond acceptors (Lipinski definition) is 7. The molecule has 31 heavy (non-hydrogen) atoms. The Morgan fingerprint density at radius 3 is 2.68 bits per heavy atom. The molecule has 166 valence electrons. The first-order chi connectivity index (χ1) is 14.6. The lowest BCUT2D eigenvalue weighted by Crippen LogP contribution is -2.21. The van der Waals surface area contributed by atoms with E-state index in [1.807, 2.05) is 25.1 Å². The van der Waals surface area contributed by atoms with Crippen LogP contribution in [0.1, 0.15) is 55.0 Å². The molecule has 0 aliphatic carbocycles. The highest BCUT2D eigenvalue weighted by Crippen LogP contribution is 2.31. The van der Waals surface area contributed by atoms with E-state index < -0.39 is 18.1 Å². The van der Waals surface area contributed by atoms with E-state index in [1.54, 1.807) is 0 Å². The average Bonchev–Trinajstić information content (AvgIpc) is 3.42. The number of nitrogens with one attached hydrogen (secondary N) is 2. The van der Waals surface area contributed by atoms with Gasteiger partial charge in [-0.05, 0) is 44.5 Å². The summed E-state index contributed by atoms with van der Waals surface area (Å²) >= 11 is 1.48. The van der Waals surface area contributed by atoms with Gasteiger partial charge in [-0.15, -0.1) is 11.3 Å². The molecule has 2 aromatic rings.